The van der Waals surface area contributed by atoms with Crippen molar-refractivity contribution in [1.82, 2.24) is 8.96 Å². The number of benzene rings is 1. The van der Waals surface area contributed by atoms with Crippen molar-refractivity contribution in [2.45, 2.75) is 76.2 Å². The van der Waals surface area contributed by atoms with Crippen LogP contribution in [0.5, 0.6) is 0 Å². The summed E-state index contributed by atoms with van der Waals surface area (Å²) in [5.74, 6) is 0. The van der Waals surface area contributed by atoms with Crippen LogP contribution in [0.2, 0.25) is 0 Å². The summed E-state index contributed by atoms with van der Waals surface area (Å²) in [5.41, 5.74) is 9.62. The lowest BCUT2D eigenvalue weighted by Crippen LogP contribution is -2.50. The second-order valence-corrected chi connectivity index (χ2v) is 15.5. The molecule has 0 bridgehead atoms. The van der Waals surface area contributed by atoms with E-state index in [9.17, 15) is 8.63 Å². The Bertz CT molecular complexity index is 2030. The Hall–Kier alpha value is -4.07. The Morgan fingerprint density at radius 2 is 1.34 bits per heavy atom. The van der Waals surface area contributed by atoms with Crippen molar-refractivity contribution < 1.29 is 26.2 Å². The summed E-state index contributed by atoms with van der Waals surface area (Å²) in [5, 5.41) is 0. The molecule has 0 saturated heterocycles. The van der Waals surface area contributed by atoms with E-state index in [0.29, 0.717) is 39.9 Å². The monoisotopic (exact) mass is 642 g/mol. The SMILES string of the molecule is CC1=C(C(C)(C)C)C(C)=[N+]2C1=Cc1ccc(-c3ccc(C)cc3)n1[B-]2(F)F.Cc1cc(C)n2c1C=C1C=C(C(C)(C)C)C=[N+]1[B-]2(F)F. The van der Waals surface area contributed by atoms with Gasteiger partial charge < -0.3 is 35.2 Å². The zero-order valence-electron chi connectivity index (χ0n) is 29.3. The van der Waals surface area contributed by atoms with Crippen LogP contribution in [0.25, 0.3) is 23.4 Å². The highest BCUT2D eigenvalue weighted by molar-refractivity contribution is 6.59. The van der Waals surface area contributed by atoms with Crippen molar-refractivity contribution in [2.24, 2.45) is 10.8 Å². The molecule has 0 aliphatic carbocycles. The molecule has 0 amide bonds. The van der Waals surface area contributed by atoms with Gasteiger partial charge in [0.15, 0.2) is 11.4 Å². The third-order valence-electron chi connectivity index (χ3n) is 9.84. The van der Waals surface area contributed by atoms with Crippen LogP contribution in [-0.4, -0.2) is 43.8 Å². The van der Waals surface area contributed by atoms with Crippen LogP contribution in [-0.2, 0) is 0 Å². The predicted molar refractivity (Wildman–Crippen MR) is 188 cm³/mol. The van der Waals surface area contributed by atoms with E-state index >= 15 is 8.63 Å². The number of hydrogen-bond acceptors (Lipinski definition) is 0. The summed E-state index contributed by atoms with van der Waals surface area (Å²) in [7, 11) is 0. The summed E-state index contributed by atoms with van der Waals surface area (Å²) in [6.45, 7) is 14.0. The van der Waals surface area contributed by atoms with E-state index in [4.69, 9.17) is 0 Å². The molecule has 7 rings (SSSR count). The second kappa shape index (κ2) is 10.5. The average molecular weight is 642 g/mol. The van der Waals surface area contributed by atoms with Crippen LogP contribution < -0.4 is 0 Å². The molecule has 4 nitrogen and oxygen atoms in total. The molecule has 0 saturated carbocycles. The van der Waals surface area contributed by atoms with Gasteiger partial charge in [0.2, 0.25) is 0 Å². The lowest BCUT2D eigenvalue weighted by atomic mass is 9.82. The zero-order valence-corrected chi connectivity index (χ0v) is 29.3. The number of aromatic nitrogens is 2. The first kappa shape index (κ1) is 32.9. The summed E-state index contributed by atoms with van der Waals surface area (Å²) in [6.07, 6.45) is 7.23. The van der Waals surface area contributed by atoms with E-state index in [1.807, 2.05) is 97.0 Å². The molecular weight excluding hydrogens is 598 g/mol. The molecule has 4 aliphatic heterocycles. The quantitative estimate of drug-likeness (QED) is 0.186. The van der Waals surface area contributed by atoms with Gasteiger partial charge in [-0.05, 0) is 73.5 Å². The number of rotatable bonds is 1. The lowest BCUT2D eigenvalue weighted by molar-refractivity contribution is -0.363. The third-order valence-corrected chi connectivity index (χ3v) is 9.84. The zero-order chi connectivity index (χ0) is 34.6. The van der Waals surface area contributed by atoms with E-state index in [0.717, 1.165) is 37.9 Å². The average Bonchev–Trinajstić information content (AvgIpc) is 3.69. The Labute approximate surface area is 275 Å². The second-order valence-electron chi connectivity index (χ2n) is 15.5. The van der Waals surface area contributed by atoms with Crippen molar-refractivity contribution in [2.75, 3.05) is 0 Å². The van der Waals surface area contributed by atoms with Crippen molar-refractivity contribution in [3.8, 4) is 11.3 Å². The molecule has 0 radical (unpaired) electrons. The van der Waals surface area contributed by atoms with E-state index in [2.05, 4.69) is 20.8 Å². The number of allylic oxidation sites excluding steroid dienone is 4. The summed E-state index contributed by atoms with van der Waals surface area (Å²) < 4.78 is 66.2. The Balaban J connectivity index is 0.000000172. The minimum absolute atomic E-state index is 0.136. The molecule has 47 heavy (non-hydrogen) atoms. The molecule has 0 unspecified atom stereocenters. The van der Waals surface area contributed by atoms with Gasteiger partial charge in [0.1, 0.15) is 11.9 Å². The minimum Gasteiger partial charge on any atom is -0.394 e. The molecular formula is C37H44B2F4N4. The molecule has 3 aromatic rings. The highest BCUT2D eigenvalue weighted by Crippen LogP contribution is 2.44. The molecule has 1 aromatic carbocycles. The smallest absolute Gasteiger partial charge is 0.394 e. The van der Waals surface area contributed by atoms with Gasteiger partial charge in [0.25, 0.3) is 0 Å². The molecule has 4 aliphatic rings. The van der Waals surface area contributed by atoms with E-state index < -0.39 is 13.9 Å². The predicted octanol–water partition coefficient (Wildman–Crippen LogP) is 9.64. The van der Waals surface area contributed by atoms with Crippen LogP contribution >= 0.6 is 0 Å². The third kappa shape index (κ3) is 5.06. The van der Waals surface area contributed by atoms with Crippen LogP contribution in [0.1, 0.15) is 83.6 Å². The van der Waals surface area contributed by atoms with Gasteiger partial charge in [-0.2, -0.15) is 0 Å². The lowest BCUT2D eigenvalue weighted by Gasteiger charge is -2.31. The standard InChI is InChI=1S/C22H25BF2N2.C15H19BF2N2/c1-14-7-9-17(10-8-14)19-12-11-18-13-20-15(2)21(22(4,5)6)16(3)26(20)23(24,25)27(18)19;1-10-6-11(2)20-14(10)8-13-7-12(15(3,4)5)9-19(13)16(20,17)18/h7-13H,1-6H3;6-9H,1-5H3. The molecule has 10 heteroatoms. The fourth-order valence-electron chi connectivity index (χ4n) is 7.70. The minimum atomic E-state index is -3.97. The van der Waals surface area contributed by atoms with E-state index in [-0.39, 0.29) is 10.8 Å². The summed E-state index contributed by atoms with van der Waals surface area (Å²) in [4.78, 5) is 0. The van der Waals surface area contributed by atoms with Crippen LogP contribution in [0, 0.1) is 31.6 Å². The number of fused-ring (bicyclic) bond motifs is 4. The van der Waals surface area contributed by atoms with Crippen LogP contribution in [0.3, 0.4) is 0 Å². The van der Waals surface area contributed by atoms with Crippen molar-refractivity contribution in [1.29, 1.82) is 0 Å². The first-order chi connectivity index (χ1) is 21.7. The van der Waals surface area contributed by atoms with Crippen molar-refractivity contribution >= 4 is 38.0 Å². The molecule has 0 fully saturated rings. The first-order valence-corrected chi connectivity index (χ1v) is 16.3. The maximum Gasteiger partial charge on any atom is 0.737 e. The van der Waals surface area contributed by atoms with Crippen LogP contribution in [0.4, 0.5) is 17.3 Å². The fraction of sp³-hybridized carbons (Fsp3) is 0.351. The Morgan fingerprint density at radius 3 is 1.94 bits per heavy atom. The van der Waals surface area contributed by atoms with Gasteiger partial charge in [0, 0.05) is 59.0 Å². The fourth-order valence-corrected chi connectivity index (χ4v) is 7.70. The maximum atomic E-state index is 15.9. The molecule has 2 aromatic heterocycles. The van der Waals surface area contributed by atoms with E-state index in [1.165, 1.54) is 13.4 Å². The number of nitrogens with zero attached hydrogens (tertiary/aromatic N) is 4. The largest absolute Gasteiger partial charge is 0.737 e. The number of hydrogen-bond donors (Lipinski definition) is 0. The highest BCUT2D eigenvalue weighted by atomic mass is 19.3. The first-order valence-electron chi connectivity index (χ1n) is 16.3. The molecule has 0 spiro atoms. The Morgan fingerprint density at radius 1 is 0.702 bits per heavy atom. The summed E-state index contributed by atoms with van der Waals surface area (Å²) >= 11 is 0. The molecule has 0 atom stereocenters. The summed E-state index contributed by atoms with van der Waals surface area (Å²) in [6, 6.07) is 13.2. The number of halogens is 4. The number of aryl methyl sites for hydroxylation is 3. The van der Waals surface area contributed by atoms with Gasteiger partial charge >= 0.3 is 13.9 Å². The normalized spacial score (nSPS) is 19.2. The van der Waals surface area contributed by atoms with Crippen molar-refractivity contribution in [3.63, 3.8) is 0 Å². The van der Waals surface area contributed by atoms with Crippen molar-refractivity contribution in [3.05, 3.63) is 105 Å². The van der Waals surface area contributed by atoms with Gasteiger partial charge in [0.05, 0.1) is 0 Å². The highest BCUT2D eigenvalue weighted by Gasteiger charge is 2.55. The molecule has 0 N–H and O–H groups in total. The molecule has 246 valence electrons. The maximum absolute atomic E-state index is 15.9. The van der Waals surface area contributed by atoms with E-state index in [1.54, 1.807) is 25.3 Å². The van der Waals surface area contributed by atoms with Gasteiger partial charge in [-0.1, -0.05) is 71.4 Å². The topological polar surface area (TPSA) is 15.9 Å². The Kier molecular flexibility index (Phi) is 7.32. The van der Waals surface area contributed by atoms with Crippen LogP contribution in [0.15, 0.2) is 76.7 Å². The van der Waals surface area contributed by atoms with Gasteiger partial charge in [-0.3, -0.25) is 0 Å². The van der Waals surface area contributed by atoms with Gasteiger partial charge in [-0.15, -0.1) is 0 Å². The molecule has 6 heterocycles. The van der Waals surface area contributed by atoms with Gasteiger partial charge in [-0.25, -0.2) is 0 Å².